The zero-order chi connectivity index (χ0) is 17.3. The van der Waals surface area contributed by atoms with Gasteiger partial charge in [0.15, 0.2) is 0 Å². The van der Waals surface area contributed by atoms with Crippen molar-refractivity contribution in [3.8, 4) is 0 Å². The molecular weight excluding hydrogens is 316 g/mol. The minimum absolute atomic E-state index is 0.0139. The topological polar surface area (TPSA) is 51.7 Å². The van der Waals surface area contributed by atoms with E-state index in [9.17, 15) is 4.79 Å². The highest BCUT2D eigenvalue weighted by molar-refractivity contribution is 5.95. The first kappa shape index (κ1) is 16.5. The normalized spacial score (nSPS) is 22.6. The monoisotopic (exact) mass is 340 g/mol. The van der Waals surface area contributed by atoms with Gasteiger partial charge < -0.3 is 14.4 Å². The Morgan fingerprint density at radius 1 is 1.28 bits per heavy atom. The summed E-state index contributed by atoms with van der Waals surface area (Å²) < 4.78 is 11.8. The number of ether oxygens (including phenoxy) is 2. The highest BCUT2D eigenvalue weighted by atomic mass is 16.6. The van der Waals surface area contributed by atoms with Gasteiger partial charge in [0.2, 0.25) is 0 Å². The van der Waals surface area contributed by atoms with Gasteiger partial charge in [0.25, 0.3) is 5.91 Å². The van der Waals surface area contributed by atoms with Crippen molar-refractivity contribution in [2.75, 3.05) is 26.3 Å². The van der Waals surface area contributed by atoms with E-state index in [1.807, 2.05) is 48.2 Å². The highest BCUT2D eigenvalue weighted by Gasteiger charge is 2.43. The highest BCUT2D eigenvalue weighted by Crippen LogP contribution is 2.37. The van der Waals surface area contributed by atoms with E-state index in [0.29, 0.717) is 25.4 Å². The molecule has 2 aliphatic heterocycles. The maximum absolute atomic E-state index is 12.8. The molecule has 2 aromatic rings. The third-order valence-electron chi connectivity index (χ3n) is 5.36. The van der Waals surface area contributed by atoms with Crippen LogP contribution in [-0.2, 0) is 9.47 Å². The molecule has 1 atom stereocenters. The van der Waals surface area contributed by atoms with Gasteiger partial charge in [0, 0.05) is 31.5 Å². The molecule has 0 N–H and O–H groups in total. The van der Waals surface area contributed by atoms with Crippen molar-refractivity contribution < 1.29 is 14.3 Å². The van der Waals surface area contributed by atoms with Gasteiger partial charge in [-0.3, -0.25) is 4.79 Å². The number of nitrogens with zero attached hydrogens (tertiary/aromatic N) is 2. The zero-order valence-electron chi connectivity index (χ0n) is 14.6. The van der Waals surface area contributed by atoms with Gasteiger partial charge >= 0.3 is 0 Å². The number of aromatic nitrogens is 1. The number of carbonyl (C=O) groups excluding carboxylic acids is 1. The summed E-state index contributed by atoms with van der Waals surface area (Å²) in [5.74, 6) is 0.0139. The van der Waals surface area contributed by atoms with Crippen LogP contribution in [0.25, 0.3) is 10.9 Å². The van der Waals surface area contributed by atoms with Gasteiger partial charge in [-0.2, -0.15) is 0 Å². The summed E-state index contributed by atoms with van der Waals surface area (Å²) >= 11 is 0. The second-order valence-corrected chi connectivity index (χ2v) is 6.96. The Labute approximate surface area is 147 Å². The van der Waals surface area contributed by atoms with Crippen LogP contribution in [0.3, 0.4) is 0 Å². The Morgan fingerprint density at radius 3 is 2.88 bits per heavy atom. The van der Waals surface area contributed by atoms with E-state index < -0.39 is 0 Å². The number of rotatable bonds is 3. The first-order valence-electron chi connectivity index (χ1n) is 9.10. The van der Waals surface area contributed by atoms with Crippen molar-refractivity contribution in [2.45, 2.75) is 37.9 Å². The van der Waals surface area contributed by atoms with E-state index in [4.69, 9.17) is 9.47 Å². The molecule has 0 aliphatic carbocycles. The Kier molecular flexibility index (Phi) is 4.44. The number of hydrogen-bond acceptors (Lipinski definition) is 4. The largest absolute Gasteiger partial charge is 0.376 e. The van der Waals surface area contributed by atoms with E-state index in [0.717, 1.165) is 36.8 Å². The lowest BCUT2D eigenvalue weighted by atomic mass is 9.88. The number of amides is 1. The summed E-state index contributed by atoms with van der Waals surface area (Å²) in [4.78, 5) is 19.2. The number of likely N-dealkylation sites (tertiary alicyclic amines) is 1. The molecule has 4 rings (SSSR count). The molecule has 5 heteroatoms. The van der Waals surface area contributed by atoms with E-state index >= 15 is 0 Å². The third-order valence-corrected chi connectivity index (χ3v) is 5.36. The molecule has 0 unspecified atom stereocenters. The van der Waals surface area contributed by atoms with E-state index in [1.54, 1.807) is 0 Å². The lowest BCUT2D eigenvalue weighted by Crippen LogP contribution is -2.46. The summed E-state index contributed by atoms with van der Waals surface area (Å²) in [5, 5.41) is 1.05. The van der Waals surface area contributed by atoms with Crippen LogP contribution < -0.4 is 0 Å². The van der Waals surface area contributed by atoms with Crippen LogP contribution in [-0.4, -0.2) is 53.8 Å². The quantitative estimate of drug-likeness (QED) is 0.862. The molecular formula is C20H24N2O3. The molecule has 1 amide bonds. The number of para-hydroxylation sites is 1. The maximum atomic E-state index is 12.8. The molecule has 5 nitrogen and oxygen atoms in total. The second kappa shape index (κ2) is 6.73. The van der Waals surface area contributed by atoms with Crippen LogP contribution in [0.1, 0.15) is 36.7 Å². The van der Waals surface area contributed by atoms with Crippen LogP contribution in [0.15, 0.2) is 36.4 Å². The SMILES string of the molecule is CCO[C@@H]1COC2(CCN(C(=O)c3ccc4ccccc4n3)CC2)C1. The molecule has 2 aliphatic rings. The molecule has 2 saturated heterocycles. The number of piperidine rings is 1. The third kappa shape index (κ3) is 3.26. The minimum Gasteiger partial charge on any atom is -0.376 e. The molecule has 0 bridgehead atoms. The fourth-order valence-electron chi connectivity index (χ4n) is 3.96. The number of hydrogen-bond donors (Lipinski definition) is 0. The van der Waals surface area contributed by atoms with Crippen molar-refractivity contribution in [2.24, 2.45) is 0 Å². The number of pyridine rings is 1. The lowest BCUT2D eigenvalue weighted by Gasteiger charge is -2.38. The Balaban J connectivity index is 1.42. The fraction of sp³-hybridized carbons (Fsp3) is 0.500. The summed E-state index contributed by atoms with van der Waals surface area (Å²) in [6.07, 6.45) is 2.89. The van der Waals surface area contributed by atoms with Gasteiger partial charge in [-0.25, -0.2) is 4.98 Å². The summed E-state index contributed by atoms with van der Waals surface area (Å²) in [6, 6.07) is 11.7. The van der Waals surface area contributed by atoms with Crippen molar-refractivity contribution in [1.82, 2.24) is 9.88 Å². The molecule has 1 spiro atoms. The first-order chi connectivity index (χ1) is 12.2. The lowest BCUT2D eigenvalue weighted by molar-refractivity contribution is -0.0408. The van der Waals surface area contributed by atoms with Crippen molar-refractivity contribution in [3.63, 3.8) is 0 Å². The molecule has 25 heavy (non-hydrogen) atoms. The standard InChI is InChI=1S/C20H24N2O3/c1-2-24-16-13-20(25-14-16)9-11-22(12-10-20)19(23)18-8-7-15-5-3-4-6-17(15)21-18/h3-8,16H,2,9-14H2,1H3/t16-/m0/s1. The van der Waals surface area contributed by atoms with Crippen LogP contribution in [0.5, 0.6) is 0 Å². The molecule has 3 heterocycles. The van der Waals surface area contributed by atoms with E-state index in [1.165, 1.54) is 0 Å². The summed E-state index contributed by atoms with van der Waals surface area (Å²) in [7, 11) is 0. The maximum Gasteiger partial charge on any atom is 0.272 e. The predicted octanol–water partition coefficient (Wildman–Crippen LogP) is 3.04. The smallest absolute Gasteiger partial charge is 0.272 e. The first-order valence-corrected chi connectivity index (χ1v) is 9.10. The number of carbonyl (C=O) groups is 1. The number of fused-ring (bicyclic) bond motifs is 1. The summed E-state index contributed by atoms with van der Waals surface area (Å²) in [5.41, 5.74) is 1.28. The van der Waals surface area contributed by atoms with Gasteiger partial charge in [-0.05, 0) is 31.9 Å². The van der Waals surface area contributed by atoms with Gasteiger partial charge in [-0.15, -0.1) is 0 Å². The Morgan fingerprint density at radius 2 is 2.08 bits per heavy atom. The molecule has 1 aromatic heterocycles. The van der Waals surface area contributed by atoms with Crippen LogP contribution in [0, 0.1) is 0 Å². The molecule has 132 valence electrons. The average Bonchev–Trinajstić information content (AvgIpc) is 3.04. The fourth-order valence-corrected chi connectivity index (χ4v) is 3.96. The van der Waals surface area contributed by atoms with Gasteiger partial charge in [0.05, 0.1) is 23.8 Å². The molecule has 2 fully saturated rings. The molecule has 0 radical (unpaired) electrons. The van der Waals surface area contributed by atoms with Crippen LogP contribution in [0.2, 0.25) is 0 Å². The van der Waals surface area contributed by atoms with E-state index in [-0.39, 0.29) is 17.6 Å². The van der Waals surface area contributed by atoms with Crippen LogP contribution in [0.4, 0.5) is 0 Å². The summed E-state index contributed by atoms with van der Waals surface area (Å²) in [6.45, 7) is 4.84. The molecule has 0 saturated carbocycles. The molecule has 1 aromatic carbocycles. The second-order valence-electron chi connectivity index (χ2n) is 6.96. The van der Waals surface area contributed by atoms with Gasteiger partial charge in [0.1, 0.15) is 5.69 Å². The Bertz CT molecular complexity index is 768. The van der Waals surface area contributed by atoms with Crippen molar-refractivity contribution >= 4 is 16.8 Å². The van der Waals surface area contributed by atoms with E-state index in [2.05, 4.69) is 4.98 Å². The predicted molar refractivity (Wildman–Crippen MR) is 95.6 cm³/mol. The van der Waals surface area contributed by atoms with Crippen LogP contribution >= 0.6 is 0 Å². The minimum atomic E-state index is -0.104. The zero-order valence-corrected chi connectivity index (χ0v) is 14.6. The van der Waals surface area contributed by atoms with Gasteiger partial charge in [-0.1, -0.05) is 24.3 Å². The number of benzene rings is 1. The van der Waals surface area contributed by atoms with Crippen molar-refractivity contribution in [1.29, 1.82) is 0 Å². The Hall–Kier alpha value is -1.98. The average molecular weight is 340 g/mol. The van der Waals surface area contributed by atoms with Crippen molar-refractivity contribution in [3.05, 3.63) is 42.1 Å².